The summed E-state index contributed by atoms with van der Waals surface area (Å²) >= 11 is 0. The second kappa shape index (κ2) is 12.1. The van der Waals surface area contributed by atoms with E-state index in [0.717, 1.165) is 43.6 Å². The zero-order valence-corrected chi connectivity index (χ0v) is 21.7. The minimum absolute atomic E-state index is 0.0214. The Hall–Kier alpha value is -3.47. The lowest BCUT2D eigenvalue weighted by atomic mass is 9.91. The van der Waals surface area contributed by atoms with Crippen LogP contribution in [-0.4, -0.2) is 38.2 Å². The average Bonchev–Trinajstić information content (AvgIpc) is 3.61. The molecule has 2 aliphatic carbocycles. The first-order valence-corrected chi connectivity index (χ1v) is 13.6. The van der Waals surface area contributed by atoms with Crippen molar-refractivity contribution in [2.24, 2.45) is 0 Å². The lowest BCUT2D eigenvalue weighted by Gasteiger charge is -2.29. The summed E-state index contributed by atoms with van der Waals surface area (Å²) < 4.78 is 38.8. The number of H-pyrrole nitrogens is 1. The minimum atomic E-state index is -4.42. The highest BCUT2D eigenvalue weighted by atomic mass is 19.4. The molecule has 39 heavy (non-hydrogen) atoms. The number of nitrogens with one attached hydrogen (secondary N) is 4. The Morgan fingerprint density at radius 1 is 0.974 bits per heavy atom. The third-order valence-corrected chi connectivity index (χ3v) is 7.61. The van der Waals surface area contributed by atoms with Crippen molar-refractivity contribution in [3.05, 3.63) is 65.2 Å². The second-order valence-electron chi connectivity index (χ2n) is 10.5. The summed E-state index contributed by atoms with van der Waals surface area (Å²) in [5.41, 5.74) is 0.795. The summed E-state index contributed by atoms with van der Waals surface area (Å²) in [4.78, 5) is 21.4. The highest BCUT2D eigenvalue weighted by Gasteiger charge is 2.30. The molecule has 0 radical (unpaired) electrons. The van der Waals surface area contributed by atoms with Gasteiger partial charge in [-0.15, -0.1) is 0 Å². The minimum Gasteiger partial charge on any atom is -0.353 e. The van der Waals surface area contributed by atoms with Gasteiger partial charge in [-0.3, -0.25) is 9.89 Å². The Morgan fingerprint density at radius 3 is 2.51 bits per heavy atom. The lowest BCUT2D eigenvalue weighted by molar-refractivity contribution is -0.137. The van der Waals surface area contributed by atoms with E-state index in [1.54, 1.807) is 12.3 Å². The summed E-state index contributed by atoms with van der Waals surface area (Å²) in [6.07, 6.45) is 5.57. The summed E-state index contributed by atoms with van der Waals surface area (Å²) in [6, 6.07) is 9.12. The van der Waals surface area contributed by atoms with Gasteiger partial charge in [0.25, 0.3) is 0 Å². The van der Waals surface area contributed by atoms with E-state index in [2.05, 4.69) is 42.2 Å². The standard InChI is InChI=1S/C28H34F3N7O/c29-28(30,31)20-7-3-4-18(14-20)15-27(39)34-22-10-8-21(9-11-22)33-17-26-32-13-12-24(36-26)35-25-16-23(37-38-25)19-5-1-2-6-19/h3-4,7,12-14,16,19,21-22,33H,1-2,5-6,8-11,15,17H2,(H,34,39)(H2,32,35,36,37,38). The molecule has 0 atom stereocenters. The number of aromatic nitrogens is 4. The van der Waals surface area contributed by atoms with Gasteiger partial charge in [-0.25, -0.2) is 9.97 Å². The molecule has 0 saturated heterocycles. The van der Waals surface area contributed by atoms with E-state index in [0.29, 0.717) is 29.7 Å². The van der Waals surface area contributed by atoms with Gasteiger partial charge < -0.3 is 16.0 Å². The van der Waals surface area contributed by atoms with Crippen LogP contribution in [0.4, 0.5) is 24.8 Å². The molecule has 208 valence electrons. The Bertz CT molecular complexity index is 1250. The SMILES string of the molecule is O=C(Cc1cccc(C(F)(F)F)c1)NC1CCC(NCc2nccc(Nc3cc(C4CCCC4)[nH]n3)n2)CC1. The van der Waals surface area contributed by atoms with Crippen molar-refractivity contribution < 1.29 is 18.0 Å². The highest BCUT2D eigenvalue weighted by Crippen LogP contribution is 2.34. The fourth-order valence-electron chi connectivity index (χ4n) is 5.53. The maximum Gasteiger partial charge on any atom is 0.416 e. The van der Waals surface area contributed by atoms with E-state index in [-0.39, 0.29) is 24.4 Å². The number of hydrogen-bond donors (Lipinski definition) is 4. The topological polar surface area (TPSA) is 108 Å². The van der Waals surface area contributed by atoms with Crippen molar-refractivity contribution in [1.82, 2.24) is 30.8 Å². The molecular formula is C28H34F3N7O. The van der Waals surface area contributed by atoms with Crippen molar-refractivity contribution in [2.75, 3.05) is 5.32 Å². The van der Waals surface area contributed by atoms with Crippen molar-refractivity contribution >= 4 is 17.5 Å². The number of alkyl halides is 3. The van der Waals surface area contributed by atoms with Crippen LogP contribution in [0.3, 0.4) is 0 Å². The molecule has 0 aliphatic heterocycles. The predicted molar refractivity (Wildman–Crippen MR) is 141 cm³/mol. The van der Waals surface area contributed by atoms with E-state index in [1.807, 2.05) is 6.07 Å². The lowest BCUT2D eigenvalue weighted by Crippen LogP contribution is -2.42. The van der Waals surface area contributed by atoms with E-state index in [9.17, 15) is 18.0 Å². The maximum absolute atomic E-state index is 12.9. The number of carbonyl (C=O) groups is 1. The quantitative estimate of drug-likeness (QED) is 0.290. The van der Waals surface area contributed by atoms with Crippen LogP contribution in [0.1, 0.15) is 79.9 Å². The van der Waals surface area contributed by atoms with Crippen molar-refractivity contribution in [1.29, 1.82) is 0 Å². The molecule has 2 saturated carbocycles. The molecule has 2 aromatic heterocycles. The van der Waals surface area contributed by atoms with E-state index in [1.165, 1.54) is 37.4 Å². The Labute approximate surface area is 225 Å². The molecule has 2 heterocycles. The first-order chi connectivity index (χ1) is 18.8. The molecule has 2 fully saturated rings. The van der Waals surface area contributed by atoms with Gasteiger partial charge in [0, 0.05) is 36.0 Å². The van der Waals surface area contributed by atoms with Crippen molar-refractivity contribution in [2.45, 2.75) is 88.5 Å². The molecule has 1 aromatic carbocycles. The van der Waals surface area contributed by atoms with Crippen LogP contribution in [0.15, 0.2) is 42.6 Å². The van der Waals surface area contributed by atoms with Crippen molar-refractivity contribution in [3.8, 4) is 0 Å². The predicted octanol–water partition coefficient (Wildman–Crippen LogP) is 5.38. The number of nitrogens with zero attached hydrogens (tertiary/aromatic N) is 3. The normalized spacial score (nSPS) is 20.2. The molecule has 1 amide bonds. The van der Waals surface area contributed by atoms with Gasteiger partial charge in [0.2, 0.25) is 5.91 Å². The molecule has 3 aromatic rings. The third kappa shape index (κ3) is 7.56. The largest absolute Gasteiger partial charge is 0.416 e. The number of hydrogen-bond acceptors (Lipinski definition) is 6. The van der Waals surface area contributed by atoms with Gasteiger partial charge in [-0.1, -0.05) is 31.0 Å². The molecule has 8 nitrogen and oxygen atoms in total. The Morgan fingerprint density at radius 2 is 1.74 bits per heavy atom. The van der Waals surface area contributed by atoms with Gasteiger partial charge in [0.15, 0.2) is 5.82 Å². The number of rotatable bonds is 9. The van der Waals surface area contributed by atoms with E-state index in [4.69, 9.17) is 0 Å². The first-order valence-electron chi connectivity index (χ1n) is 13.6. The number of benzene rings is 1. The van der Waals surface area contributed by atoms with Gasteiger partial charge in [0.05, 0.1) is 18.5 Å². The van der Waals surface area contributed by atoms with Gasteiger partial charge in [-0.05, 0) is 56.2 Å². The van der Waals surface area contributed by atoms with Crippen LogP contribution in [0, 0.1) is 0 Å². The van der Waals surface area contributed by atoms with E-state index < -0.39 is 11.7 Å². The third-order valence-electron chi connectivity index (χ3n) is 7.61. The van der Waals surface area contributed by atoms with Gasteiger partial charge >= 0.3 is 6.18 Å². The monoisotopic (exact) mass is 541 g/mol. The average molecular weight is 542 g/mol. The summed E-state index contributed by atoms with van der Waals surface area (Å²) in [7, 11) is 0. The molecule has 0 spiro atoms. The number of carbonyl (C=O) groups excluding carboxylic acids is 1. The summed E-state index contributed by atoms with van der Waals surface area (Å²) in [5, 5.41) is 17.3. The fraction of sp³-hybridized carbons (Fsp3) is 0.500. The number of halogens is 3. The Kier molecular flexibility index (Phi) is 8.44. The molecule has 0 unspecified atom stereocenters. The van der Waals surface area contributed by atoms with Crippen molar-refractivity contribution in [3.63, 3.8) is 0 Å². The van der Waals surface area contributed by atoms with Crippen LogP contribution >= 0.6 is 0 Å². The molecule has 0 bridgehead atoms. The summed E-state index contributed by atoms with van der Waals surface area (Å²) in [6.45, 7) is 0.528. The highest BCUT2D eigenvalue weighted by molar-refractivity contribution is 5.78. The number of amides is 1. The van der Waals surface area contributed by atoms with Crippen LogP contribution < -0.4 is 16.0 Å². The molecular weight excluding hydrogens is 507 g/mol. The maximum atomic E-state index is 12.9. The molecule has 4 N–H and O–H groups in total. The van der Waals surface area contributed by atoms with E-state index >= 15 is 0 Å². The molecule has 11 heteroatoms. The number of anilines is 2. The van der Waals surface area contributed by atoms with Crippen LogP contribution in [0.5, 0.6) is 0 Å². The first kappa shape index (κ1) is 27.1. The molecule has 2 aliphatic rings. The smallest absolute Gasteiger partial charge is 0.353 e. The zero-order chi connectivity index (χ0) is 27.2. The second-order valence-corrected chi connectivity index (χ2v) is 10.5. The van der Waals surface area contributed by atoms with Gasteiger partial charge in [0.1, 0.15) is 11.6 Å². The van der Waals surface area contributed by atoms with Gasteiger partial charge in [-0.2, -0.15) is 18.3 Å². The van der Waals surface area contributed by atoms with Crippen LogP contribution in [0.2, 0.25) is 0 Å². The Balaban J connectivity index is 1.04. The summed E-state index contributed by atoms with van der Waals surface area (Å²) in [5.74, 6) is 2.44. The number of aromatic amines is 1. The van der Waals surface area contributed by atoms with Crippen LogP contribution in [0.25, 0.3) is 0 Å². The zero-order valence-electron chi connectivity index (χ0n) is 21.7. The fourth-order valence-corrected chi connectivity index (χ4v) is 5.53. The molecule has 5 rings (SSSR count). The van der Waals surface area contributed by atoms with Crippen LogP contribution in [-0.2, 0) is 23.9 Å².